The molecular weight excluding hydrogens is 388 g/mol. The first-order valence-electron chi connectivity index (χ1n) is 9.91. The molecule has 0 heterocycles. The van der Waals surface area contributed by atoms with Crippen LogP contribution in [0.2, 0.25) is 0 Å². The summed E-state index contributed by atoms with van der Waals surface area (Å²) < 4.78 is 32.5. The highest BCUT2D eigenvalue weighted by Crippen LogP contribution is 2.27. The van der Waals surface area contributed by atoms with E-state index in [2.05, 4.69) is 5.32 Å². The summed E-state index contributed by atoms with van der Waals surface area (Å²) >= 11 is 0. The van der Waals surface area contributed by atoms with Gasteiger partial charge in [-0.15, -0.1) is 0 Å². The molecule has 0 aromatic heterocycles. The van der Waals surface area contributed by atoms with Crippen LogP contribution in [0.5, 0.6) is 5.75 Å². The minimum atomic E-state index is -3.53. The summed E-state index contributed by atoms with van der Waals surface area (Å²) in [5.41, 5.74) is 1.41. The summed E-state index contributed by atoms with van der Waals surface area (Å²) in [5.74, 6) is 0.528. The molecule has 0 radical (unpaired) electrons. The van der Waals surface area contributed by atoms with E-state index in [1.807, 2.05) is 24.3 Å². The fraction of sp³-hybridized carbons (Fsp3) is 0.409. The van der Waals surface area contributed by atoms with Crippen LogP contribution in [0.1, 0.15) is 37.7 Å². The third-order valence-corrected chi connectivity index (χ3v) is 7.33. The van der Waals surface area contributed by atoms with Gasteiger partial charge in [0.2, 0.25) is 15.9 Å². The number of benzene rings is 2. The van der Waals surface area contributed by atoms with Crippen LogP contribution in [0.4, 0.5) is 5.69 Å². The fourth-order valence-electron chi connectivity index (χ4n) is 3.69. The lowest BCUT2D eigenvalue weighted by molar-refractivity contribution is -0.115. The predicted molar refractivity (Wildman–Crippen MR) is 114 cm³/mol. The number of methoxy groups -OCH3 is 1. The molecule has 2 aromatic carbocycles. The fourth-order valence-corrected chi connectivity index (χ4v) is 5.11. The minimum absolute atomic E-state index is 0.0657. The first kappa shape index (κ1) is 21.3. The smallest absolute Gasteiger partial charge is 0.243 e. The molecule has 0 unspecified atom stereocenters. The second kappa shape index (κ2) is 9.41. The monoisotopic (exact) mass is 416 g/mol. The van der Waals surface area contributed by atoms with Gasteiger partial charge in [0.05, 0.1) is 18.4 Å². The molecule has 0 atom stereocenters. The topological polar surface area (TPSA) is 75.7 Å². The number of nitrogens with zero attached hydrogens (tertiary/aromatic N) is 1. The Kier molecular flexibility index (Phi) is 6.92. The average Bonchev–Trinajstić information content (AvgIpc) is 2.74. The second-order valence-electron chi connectivity index (χ2n) is 7.41. The Morgan fingerprint density at radius 3 is 2.45 bits per heavy atom. The van der Waals surface area contributed by atoms with E-state index in [4.69, 9.17) is 4.74 Å². The van der Waals surface area contributed by atoms with Gasteiger partial charge >= 0.3 is 0 Å². The highest BCUT2D eigenvalue weighted by Gasteiger charge is 2.28. The van der Waals surface area contributed by atoms with Crippen molar-refractivity contribution >= 4 is 21.6 Å². The van der Waals surface area contributed by atoms with Gasteiger partial charge in [-0.05, 0) is 54.8 Å². The van der Waals surface area contributed by atoms with Crippen LogP contribution in [0, 0.1) is 0 Å². The lowest BCUT2D eigenvalue weighted by Gasteiger charge is -2.30. The standard InChI is InChI=1S/C22H28N2O4S/c1-24(19-8-4-3-5-9-19)29(26,27)21-13-11-18(12-14-21)23-22(25)16-17-7-6-10-20(15-17)28-2/h6-7,10-15,19H,3-5,8-9,16H2,1-2H3,(H,23,25). The van der Waals surface area contributed by atoms with Crippen molar-refractivity contribution in [2.24, 2.45) is 0 Å². The van der Waals surface area contributed by atoms with Crippen LogP contribution in [0.25, 0.3) is 0 Å². The van der Waals surface area contributed by atoms with Gasteiger partial charge in [0.1, 0.15) is 5.75 Å². The maximum atomic E-state index is 12.9. The number of amides is 1. The highest BCUT2D eigenvalue weighted by molar-refractivity contribution is 7.89. The van der Waals surface area contributed by atoms with Crippen molar-refractivity contribution in [1.29, 1.82) is 0 Å². The number of carbonyl (C=O) groups is 1. The molecule has 0 spiro atoms. The van der Waals surface area contributed by atoms with Crippen LogP contribution in [-0.4, -0.2) is 38.8 Å². The third kappa shape index (κ3) is 5.36. The Hall–Kier alpha value is -2.38. The van der Waals surface area contributed by atoms with Crippen LogP contribution in [0.15, 0.2) is 53.4 Å². The molecule has 0 saturated heterocycles. The number of ether oxygens (including phenoxy) is 1. The minimum Gasteiger partial charge on any atom is -0.497 e. The van der Waals surface area contributed by atoms with Crippen molar-refractivity contribution in [1.82, 2.24) is 4.31 Å². The van der Waals surface area contributed by atoms with Crippen molar-refractivity contribution in [3.05, 3.63) is 54.1 Å². The SMILES string of the molecule is COc1cccc(CC(=O)Nc2ccc(S(=O)(=O)N(C)C3CCCCC3)cc2)c1. The van der Waals surface area contributed by atoms with Gasteiger partial charge in [-0.25, -0.2) is 8.42 Å². The van der Waals surface area contributed by atoms with Gasteiger partial charge in [0, 0.05) is 18.8 Å². The molecular formula is C22H28N2O4S. The molecule has 29 heavy (non-hydrogen) atoms. The van der Waals surface area contributed by atoms with E-state index < -0.39 is 10.0 Å². The van der Waals surface area contributed by atoms with Gasteiger partial charge in [0.25, 0.3) is 0 Å². The summed E-state index contributed by atoms with van der Waals surface area (Å²) in [4.78, 5) is 12.5. The Labute approximate surface area is 172 Å². The molecule has 6 nitrogen and oxygen atoms in total. The molecule has 1 amide bonds. The van der Waals surface area contributed by atoms with Crippen LogP contribution < -0.4 is 10.1 Å². The quantitative estimate of drug-likeness (QED) is 0.744. The maximum Gasteiger partial charge on any atom is 0.243 e. The van der Waals surface area contributed by atoms with E-state index in [-0.39, 0.29) is 23.3 Å². The predicted octanol–water partition coefficient (Wildman–Crippen LogP) is 3.83. The zero-order valence-corrected chi connectivity index (χ0v) is 17.7. The summed E-state index contributed by atoms with van der Waals surface area (Å²) in [5, 5.41) is 2.81. The normalized spacial score (nSPS) is 15.3. The van der Waals surface area contributed by atoms with Crippen LogP contribution in [0.3, 0.4) is 0 Å². The number of hydrogen-bond acceptors (Lipinski definition) is 4. The molecule has 2 aromatic rings. The van der Waals surface area contributed by atoms with Crippen LogP contribution >= 0.6 is 0 Å². The molecule has 1 fully saturated rings. The summed E-state index contributed by atoms with van der Waals surface area (Å²) in [6.45, 7) is 0. The molecule has 7 heteroatoms. The van der Waals surface area contributed by atoms with Crippen molar-refractivity contribution < 1.29 is 17.9 Å². The number of hydrogen-bond donors (Lipinski definition) is 1. The first-order chi connectivity index (χ1) is 13.9. The van der Waals surface area contributed by atoms with E-state index in [0.29, 0.717) is 11.4 Å². The van der Waals surface area contributed by atoms with Crippen molar-refractivity contribution in [2.75, 3.05) is 19.5 Å². The number of nitrogens with one attached hydrogen (secondary N) is 1. The molecule has 3 rings (SSSR count). The largest absolute Gasteiger partial charge is 0.497 e. The molecule has 156 valence electrons. The van der Waals surface area contributed by atoms with E-state index in [1.165, 1.54) is 10.7 Å². The first-order valence-corrected chi connectivity index (χ1v) is 11.3. The molecule has 0 aliphatic heterocycles. The number of anilines is 1. The van der Waals surface area contributed by atoms with Crippen LogP contribution in [-0.2, 0) is 21.2 Å². The lowest BCUT2D eigenvalue weighted by Crippen LogP contribution is -2.38. The Balaban J connectivity index is 1.63. The number of rotatable bonds is 7. The number of carbonyl (C=O) groups excluding carboxylic acids is 1. The Morgan fingerprint density at radius 1 is 1.10 bits per heavy atom. The summed E-state index contributed by atoms with van der Waals surface area (Å²) in [6.07, 6.45) is 5.35. The molecule has 1 saturated carbocycles. The highest BCUT2D eigenvalue weighted by atomic mass is 32.2. The maximum absolute atomic E-state index is 12.9. The Bertz CT molecular complexity index is 936. The average molecular weight is 417 g/mol. The van der Waals surface area contributed by atoms with Gasteiger partial charge in [-0.2, -0.15) is 4.31 Å². The van der Waals surface area contributed by atoms with Gasteiger partial charge in [-0.1, -0.05) is 31.4 Å². The van der Waals surface area contributed by atoms with Gasteiger partial charge in [-0.3, -0.25) is 4.79 Å². The molecule has 1 N–H and O–H groups in total. The van der Waals surface area contributed by atoms with E-state index in [0.717, 1.165) is 31.2 Å². The van der Waals surface area contributed by atoms with Crippen molar-refractivity contribution in [2.45, 2.75) is 49.5 Å². The zero-order valence-electron chi connectivity index (χ0n) is 16.9. The summed E-state index contributed by atoms with van der Waals surface area (Å²) in [7, 11) is -0.288. The second-order valence-corrected chi connectivity index (χ2v) is 9.41. The zero-order chi connectivity index (χ0) is 20.9. The lowest BCUT2D eigenvalue weighted by atomic mass is 9.96. The number of sulfonamides is 1. The van der Waals surface area contributed by atoms with Gasteiger partial charge in [0.15, 0.2) is 0 Å². The van der Waals surface area contributed by atoms with Gasteiger partial charge < -0.3 is 10.1 Å². The molecule has 1 aliphatic carbocycles. The van der Waals surface area contributed by atoms with Crippen molar-refractivity contribution in [3.8, 4) is 5.75 Å². The molecule has 0 bridgehead atoms. The van der Waals surface area contributed by atoms with E-state index >= 15 is 0 Å². The van der Waals surface area contributed by atoms with E-state index in [1.54, 1.807) is 38.4 Å². The van der Waals surface area contributed by atoms with E-state index in [9.17, 15) is 13.2 Å². The van der Waals surface area contributed by atoms with Crippen molar-refractivity contribution in [3.63, 3.8) is 0 Å². The summed E-state index contributed by atoms with van der Waals surface area (Å²) in [6, 6.07) is 13.8. The Morgan fingerprint density at radius 2 is 1.79 bits per heavy atom. The third-order valence-electron chi connectivity index (χ3n) is 5.40. The molecule has 1 aliphatic rings.